The molecule has 0 fully saturated rings. The molecule has 0 aromatic heterocycles. The van der Waals surface area contributed by atoms with E-state index in [1.54, 1.807) is 0 Å². The van der Waals surface area contributed by atoms with E-state index in [9.17, 15) is 19.8 Å². The molecular weight excluding hydrogens is 983 g/mol. The summed E-state index contributed by atoms with van der Waals surface area (Å²) in [6.45, 7) is 5.01. The van der Waals surface area contributed by atoms with E-state index in [1.165, 1.54) is 353 Å². The van der Waals surface area contributed by atoms with Crippen molar-refractivity contribution in [3.05, 3.63) is 12.2 Å². The number of unbranched alkanes of at least 4 members (excludes halogenated alkanes) is 57. The van der Waals surface area contributed by atoms with Crippen LogP contribution in [0, 0.1) is 0 Å². The Labute approximate surface area is 501 Å². The molecule has 0 heterocycles. The summed E-state index contributed by atoms with van der Waals surface area (Å²) in [4.78, 5) is 24.6. The lowest BCUT2D eigenvalue weighted by atomic mass is 10.0. The average molecular weight is 1130 g/mol. The zero-order chi connectivity index (χ0) is 57.8. The third kappa shape index (κ3) is 65.7. The molecule has 0 aromatic rings. The summed E-state index contributed by atoms with van der Waals surface area (Å²) in [5.41, 5.74) is 0. The van der Waals surface area contributed by atoms with Crippen molar-refractivity contribution in [2.24, 2.45) is 0 Å². The Morgan fingerprint density at radius 1 is 0.338 bits per heavy atom. The highest BCUT2D eigenvalue weighted by Crippen LogP contribution is 2.19. The molecular formula is C74H145NO5. The van der Waals surface area contributed by atoms with Crippen LogP contribution in [0.3, 0.4) is 0 Å². The van der Waals surface area contributed by atoms with Crippen molar-refractivity contribution in [1.29, 1.82) is 0 Å². The number of rotatable bonds is 70. The maximum atomic E-state index is 12.5. The Morgan fingerprint density at radius 2 is 0.588 bits per heavy atom. The lowest BCUT2D eigenvalue weighted by molar-refractivity contribution is -0.143. The predicted octanol–water partition coefficient (Wildman–Crippen LogP) is 23.9. The minimum atomic E-state index is -0.665. The van der Waals surface area contributed by atoms with Gasteiger partial charge in [0.1, 0.15) is 0 Å². The van der Waals surface area contributed by atoms with Crippen LogP contribution in [0.4, 0.5) is 0 Å². The molecule has 6 nitrogen and oxygen atoms in total. The summed E-state index contributed by atoms with van der Waals surface area (Å²) in [7, 11) is 0. The first-order valence-corrected chi connectivity index (χ1v) is 36.9. The summed E-state index contributed by atoms with van der Waals surface area (Å²) in [5, 5.41) is 23.4. The van der Waals surface area contributed by atoms with Crippen LogP contribution in [-0.4, -0.2) is 47.4 Å². The van der Waals surface area contributed by atoms with Crippen LogP contribution in [0.5, 0.6) is 0 Å². The second-order valence-corrected chi connectivity index (χ2v) is 25.6. The molecule has 80 heavy (non-hydrogen) atoms. The number of hydrogen-bond acceptors (Lipinski definition) is 5. The number of ether oxygens (including phenoxy) is 1. The van der Waals surface area contributed by atoms with E-state index in [4.69, 9.17) is 4.74 Å². The zero-order valence-corrected chi connectivity index (χ0v) is 54.6. The van der Waals surface area contributed by atoms with E-state index in [1.807, 2.05) is 0 Å². The standard InChI is InChI=1S/C74H145NO5/c1-3-5-7-9-11-13-15-17-19-21-22-32-35-38-42-46-50-54-58-62-66-72(77)71(70-76)75-73(78)67-63-59-55-51-47-43-39-36-33-30-28-26-24-23-25-27-29-31-34-37-41-45-49-53-57-61-65-69-80-74(79)68-64-60-56-52-48-44-40-20-18-16-14-12-10-8-6-4-2/h23-24,71-72,76-77H,3-22,25-70H2,1-2H3,(H,75,78)/b24-23-. The van der Waals surface area contributed by atoms with Gasteiger partial charge in [-0.25, -0.2) is 0 Å². The SMILES string of the molecule is CCCCCCCCCCCCCCCCCCCCCCC(O)C(CO)NC(=O)CCCCCCCCCCCCC/C=C\CCCCCCCCCCCCCCOC(=O)CCCCCCCCCCCCCCCCCC. The molecule has 0 spiro atoms. The summed E-state index contributed by atoms with van der Waals surface area (Å²) in [6, 6.07) is -0.542. The van der Waals surface area contributed by atoms with Crippen molar-refractivity contribution in [3.63, 3.8) is 0 Å². The Morgan fingerprint density at radius 3 is 0.887 bits per heavy atom. The molecule has 2 atom stereocenters. The van der Waals surface area contributed by atoms with E-state index in [2.05, 4.69) is 31.3 Å². The van der Waals surface area contributed by atoms with Crippen molar-refractivity contribution in [2.45, 2.75) is 437 Å². The average Bonchev–Trinajstić information content (AvgIpc) is 3.46. The zero-order valence-electron chi connectivity index (χ0n) is 54.6. The van der Waals surface area contributed by atoms with Crippen LogP contribution >= 0.6 is 0 Å². The van der Waals surface area contributed by atoms with E-state index in [0.29, 0.717) is 25.9 Å². The van der Waals surface area contributed by atoms with Gasteiger partial charge in [0.15, 0.2) is 0 Å². The maximum Gasteiger partial charge on any atom is 0.305 e. The third-order valence-corrected chi connectivity index (χ3v) is 17.6. The molecule has 6 heteroatoms. The fourth-order valence-corrected chi connectivity index (χ4v) is 11.9. The van der Waals surface area contributed by atoms with Gasteiger partial charge in [-0.05, 0) is 51.4 Å². The Bertz CT molecular complexity index is 1210. The number of amides is 1. The number of carbonyl (C=O) groups excluding carboxylic acids is 2. The van der Waals surface area contributed by atoms with Gasteiger partial charge in [-0.2, -0.15) is 0 Å². The van der Waals surface area contributed by atoms with Crippen molar-refractivity contribution in [3.8, 4) is 0 Å². The number of esters is 1. The number of allylic oxidation sites excluding steroid dienone is 2. The van der Waals surface area contributed by atoms with Crippen LogP contribution in [-0.2, 0) is 14.3 Å². The van der Waals surface area contributed by atoms with Gasteiger partial charge in [0.05, 0.1) is 25.4 Å². The van der Waals surface area contributed by atoms with Crippen LogP contribution in [0.1, 0.15) is 425 Å². The van der Waals surface area contributed by atoms with Gasteiger partial charge in [-0.3, -0.25) is 9.59 Å². The second-order valence-electron chi connectivity index (χ2n) is 25.6. The molecule has 0 saturated heterocycles. The van der Waals surface area contributed by atoms with E-state index < -0.39 is 12.1 Å². The van der Waals surface area contributed by atoms with Gasteiger partial charge < -0.3 is 20.3 Å². The molecule has 0 saturated carbocycles. The van der Waals surface area contributed by atoms with E-state index >= 15 is 0 Å². The molecule has 2 unspecified atom stereocenters. The van der Waals surface area contributed by atoms with Gasteiger partial charge in [-0.1, -0.05) is 373 Å². The molecule has 0 aliphatic carbocycles. The number of nitrogens with one attached hydrogen (secondary N) is 1. The molecule has 476 valence electrons. The fourth-order valence-electron chi connectivity index (χ4n) is 11.9. The molecule has 1 amide bonds. The maximum absolute atomic E-state index is 12.5. The van der Waals surface area contributed by atoms with Crippen LogP contribution < -0.4 is 5.32 Å². The van der Waals surface area contributed by atoms with Gasteiger partial charge in [-0.15, -0.1) is 0 Å². The summed E-state index contributed by atoms with van der Waals surface area (Å²) >= 11 is 0. The number of hydrogen-bond donors (Lipinski definition) is 3. The van der Waals surface area contributed by atoms with Gasteiger partial charge in [0.25, 0.3) is 0 Å². The largest absolute Gasteiger partial charge is 0.466 e. The molecule has 3 N–H and O–H groups in total. The van der Waals surface area contributed by atoms with Crippen molar-refractivity contribution >= 4 is 11.9 Å². The second kappa shape index (κ2) is 70.1. The molecule has 0 aromatic carbocycles. The summed E-state index contributed by atoms with van der Waals surface area (Å²) < 4.78 is 5.50. The Hall–Kier alpha value is -1.40. The Balaban J connectivity index is 3.37. The lowest BCUT2D eigenvalue weighted by Crippen LogP contribution is -2.45. The quantitative estimate of drug-likeness (QED) is 0.0320. The highest BCUT2D eigenvalue weighted by molar-refractivity contribution is 5.76. The van der Waals surface area contributed by atoms with Gasteiger partial charge in [0.2, 0.25) is 5.91 Å². The number of aliphatic hydroxyl groups is 2. The van der Waals surface area contributed by atoms with Crippen molar-refractivity contribution in [2.75, 3.05) is 13.2 Å². The van der Waals surface area contributed by atoms with Crippen molar-refractivity contribution in [1.82, 2.24) is 5.32 Å². The molecule has 0 radical (unpaired) electrons. The predicted molar refractivity (Wildman–Crippen MR) is 352 cm³/mol. The molecule has 0 aliphatic heterocycles. The first-order valence-electron chi connectivity index (χ1n) is 36.9. The highest BCUT2D eigenvalue weighted by atomic mass is 16.5. The third-order valence-electron chi connectivity index (χ3n) is 17.6. The van der Waals surface area contributed by atoms with Crippen molar-refractivity contribution < 1.29 is 24.5 Å². The first kappa shape index (κ1) is 78.6. The monoisotopic (exact) mass is 1130 g/mol. The molecule has 0 aliphatic rings. The minimum absolute atomic E-state index is 0.0198. The topological polar surface area (TPSA) is 95.9 Å². The molecule has 0 bridgehead atoms. The summed E-state index contributed by atoms with van der Waals surface area (Å²) in [6.07, 6.45) is 87.0. The highest BCUT2D eigenvalue weighted by Gasteiger charge is 2.20. The smallest absolute Gasteiger partial charge is 0.305 e. The van der Waals surface area contributed by atoms with E-state index in [0.717, 1.165) is 38.5 Å². The molecule has 0 rings (SSSR count). The Kier molecular flexibility index (Phi) is 68.9. The van der Waals surface area contributed by atoms with Gasteiger partial charge >= 0.3 is 5.97 Å². The van der Waals surface area contributed by atoms with Crippen LogP contribution in [0.2, 0.25) is 0 Å². The first-order chi connectivity index (χ1) is 39.5. The summed E-state index contributed by atoms with van der Waals surface area (Å²) in [5.74, 6) is -0.0110. The lowest BCUT2D eigenvalue weighted by Gasteiger charge is -2.22. The van der Waals surface area contributed by atoms with Crippen LogP contribution in [0.15, 0.2) is 12.2 Å². The van der Waals surface area contributed by atoms with Crippen LogP contribution in [0.25, 0.3) is 0 Å². The van der Waals surface area contributed by atoms with E-state index in [-0.39, 0.29) is 18.5 Å². The fraction of sp³-hybridized carbons (Fsp3) is 0.946. The van der Waals surface area contributed by atoms with Gasteiger partial charge in [0, 0.05) is 12.8 Å². The number of aliphatic hydroxyl groups excluding tert-OH is 2. The number of carbonyl (C=O) groups is 2. The normalized spacial score (nSPS) is 12.5. The minimum Gasteiger partial charge on any atom is -0.466 e.